The normalized spacial score (nSPS) is 15.0. The van der Waals surface area contributed by atoms with Crippen LogP contribution in [0.5, 0.6) is 0 Å². The Morgan fingerprint density at radius 1 is 0.929 bits per heavy atom. The van der Waals surface area contributed by atoms with Crippen LogP contribution in [-0.4, -0.2) is 15.6 Å². The summed E-state index contributed by atoms with van der Waals surface area (Å²) in [5.74, 6) is 0.131. The number of nitrogens with zero attached hydrogens (tertiary/aromatic N) is 2. The summed E-state index contributed by atoms with van der Waals surface area (Å²) in [7, 11) is 0. The van der Waals surface area contributed by atoms with Crippen LogP contribution in [-0.2, 0) is 6.42 Å². The molecule has 0 radical (unpaired) electrons. The van der Waals surface area contributed by atoms with Crippen LogP contribution >= 0.6 is 11.3 Å². The van der Waals surface area contributed by atoms with Gasteiger partial charge in [0.05, 0.1) is 10.6 Å². The second-order valence-electron chi connectivity index (χ2n) is 6.85. The number of ketones is 1. The van der Waals surface area contributed by atoms with Crippen LogP contribution in [0.2, 0.25) is 0 Å². The third-order valence-corrected chi connectivity index (χ3v) is 5.94. The van der Waals surface area contributed by atoms with E-state index in [0.717, 1.165) is 51.4 Å². The Hall–Kier alpha value is -3.24. The van der Waals surface area contributed by atoms with Crippen molar-refractivity contribution >= 4 is 23.2 Å². The highest BCUT2D eigenvalue weighted by Crippen LogP contribution is 2.32. The highest BCUT2D eigenvalue weighted by Gasteiger charge is 2.22. The van der Waals surface area contributed by atoms with E-state index in [1.165, 1.54) is 0 Å². The number of carbonyl (C=O) groups is 1. The summed E-state index contributed by atoms with van der Waals surface area (Å²) >= 11 is 1.66. The van der Waals surface area contributed by atoms with Crippen molar-refractivity contribution in [3.8, 4) is 16.3 Å². The number of thiophene rings is 1. The Balaban J connectivity index is 1.61. The lowest BCUT2D eigenvalue weighted by Crippen LogP contribution is -2.13. The minimum Gasteiger partial charge on any atom is -0.289 e. The Kier molecular flexibility index (Phi) is 4.26. The third-order valence-electron chi connectivity index (χ3n) is 5.06. The first-order chi connectivity index (χ1) is 13.8. The van der Waals surface area contributed by atoms with Crippen LogP contribution < -0.4 is 0 Å². The van der Waals surface area contributed by atoms with Gasteiger partial charge in [-0.3, -0.25) is 4.79 Å². The molecular formula is C24H18N2OS. The van der Waals surface area contributed by atoms with Gasteiger partial charge in [0.25, 0.3) is 0 Å². The van der Waals surface area contributed by atoms with Crippen LogP contribution in [0.25, 0.3) is 22.3 Å². The van der Waals surface area contributed by atoms with Gasteiger partial charge in [0, 0.05) is 22.9 Å². The lowest BCUT2D eigenvalue weighted by atomic mass is 9.86. The zero-order chi connectivity index (χ0) is 18.9. The summed E-state index contributed by atoms with van der Waals surface area (Å²) in [5, 5.41) is 6.88. The van der Waals surface area contributed by atoms with E-state index in [2.05, 4.69) is 17.5 Å². The highest BCUT2D eigenvalue weighted by atomic mass is 32.1. The van der Waals surface area contributed by atoms with Gasteiger partial charge < -0.3 is 0 Å². The lowest BCUT2D eigenvalue weighted by Gasteiger charge is -2.17. The Morgan fingerprint density at radius 2 is 1.75 bits per heavy atom. The molecule has 1 aliphatic carbocycles. The van der Waals surface area contributed by atoms with Crippen LogP contribution in [0.15, 0.2) is 83.9 Å². The average molecular weight is 382 g/mol. The molecule has 4 heteroatoms. The van der Waals surface area contributed by atoms with Crippen molar-refractivity contribution in [3.63, 3.8) is 0 Å². The maximum Gasteiger partial charge on any atom is 0.189 e. The first-order valence-electron chi connectivity index (χ1n) is 9.32. The number of hydrogen-bond donors (Lipinski definition) is 0. The highest BCUT2D eigenvalue weighted by molar-refractivity contribution is 7.13. The molecular weight excluding hydrogens is 364 g/mol. The van der Waals surface area contributed by atoms with Crippen LogP contribution in [0.3, 0.4) is 0 Å². The van der Waals surface area contributed by atoms with Crippen molar-refractivity contribution in [1.82, 2.24) is 9.78 Å². The van der Waals surface area contributed by atoms with Gasteiger partial charge in [-0.15, -0.1) is 11.3 Å². The lowest BCUT2D eigenvalue weighted by molar-refractivity contribution is 0.102. The van der Waals surface area contributed by atoms with Crippen LogP contribution in [0.1, 0.15) is 27.9 Å². The second kappa shape index (κ2) is 7.06. The van der Waals surface area contributed by atoms with E-state index in [-0.39, 0.29) is 5.78 Å². The Labute approximate surface area is 167 Å². The minimum absolute atomic E-state index is 0.131. The molecule has 0 bridgehead atoms. The van der Waals surface area contributed by atoms with Gasteiger partial charge in [-0.25, -0.2) is 4.68 Å². The van der Waals surface area contributed by atoms with Gasteiger partial charge in [0.2, 0.25) is 0 Å². The largest absolute Gasteiger partial charge is 0.289 e. The number of hydrogen-bond acceptors (Lipinski definition) is 3. The Bertz CT molecular complexity index is 1170. The van der Waals surface area contributed by atoms with E-state index in [1.807, 2.05) is 71.6 Å². The molecule has 0 amide bonds. The van der Waals surface area contributed by atoms with Crippen molar-refractivity contribution < 1.29 is 4.79 Å². The maximum absolute atomic E-state index is 13.0. The quantitative estimate of drug-likeness (QED) is 0.419. The fourth-order valence-electron chi connectivity index (χ4n) is 3.65. The topological polar surface area (TPSA) is 34.9 Å². The molecule has 136 valence electrons. The van der Waals surface area contributed by atoms with Gasteiger partial charge in [-0.05, 0) is 48.1 Å². The fraction of sp³-hybridized carbons (Fsp3) is 0.0833. The summed E-state index contributed by atoms with van der Waals surface area (Å²) in [4.78, 5) is 14.1. The monoisotopic (exact) mass is 382 g/mol. The number of benzene rings is 2. The van der Waals surface area contributed by atoms with Crippen LogP contribution in [0, 0.1) is 0 Å². The molecule has 1 aliphatic rings. The summed E-state index contributed by atoms with van der Waals surface area (Å²) in [5.41, 5.74) is 5.72. The number of Topliss-reactive ketones (excluding diaryl/α,β-unsaturated/α-hetero) is 1. The van der Waals surface area contributed by atoms with Crippen molar-refractivity contribution in [2.75, 3.05) is 0 Å². The number of para-hydroxylation sites is 1. The molecule has 4 aromatic rings. The number of aryl methyl sites for hydroxylation is 1. The van der Waals surface area contributed by atoms with E-state index >= 15 is 0 Å². The van der Waals surface area contributed by atoms with Crippen LogP contribution in [0.4, 0.5) is 0 Å². The first-order valence-corrected chi connectivity index (χ1v) is 10.2. The van der Waals surface area contributed by atoms with Gasteiger partial charge in [0.15, 0.2) is 5.78 Å². The molecule has 2 aromatic heterocycles. The molecule has 3 nitrogen and oxygen atoms in total. The predicted molar refractivity (Wildman–Crippen MR) is 114 cm³/mol. The Morgan fingerprint density at radius 3 is 2.57 bits per heavy atom. The summed E-state index contributed by atoms with van der Waals surface area (Å²) in [6, 6.07) is 22.1. The van der Waals surface area contributed by atoms with E-state index in [1.54, 1.807) is 11.3 Å². The zero-order valence-corrected chi connectivity index (χ0v) is 16.0. The van der Waals surface area contributed by atoms with E-state index in [4.69, 9.17) is 5.10 Å². The van der Waals surface area contributed by atoms with E-state index in [9.17, 15) is 4.79 Å². The molecule has 0 aliphatic heterocycles. The predicted octanol–water partition coefficient (Wildman–Crippen LogP) is 5.81. The first kappa shape index (κ1) is 16.9. The van der Waals surface area contributed by atoms with Crippen molar-refractivity contribution in [1.29, 1.82) is 0 Å². The number of fused-ring (bicyclic) bond motifs is 1. The standard InChI is InChI=1S/C24H18N2OS/c27-24-18(13-12-17-7-4-5-10-21(17)24)15-19-16-26(20-8-2-1-3-9-20)25-23(19)22-11-6-14-28-22/h1-11,14-16H,12-13H2. The number of carbonyl (C=O) groups excluding carboxylic acids is 1. The summed E-state index contributed by atoms with van der Waals surface area (Å²) in [6.07, 6.45) is 5.70. The maximum atomic E-state index is 13.0. The molecule has 2 aromatic carbocycles. The molecule has 0 saturated heterocycles. The molecule has 0 saturated carbocycles. The van der Waals surface area contributed by atoms with Gasteiger partial charge in [-0.1, -0.05) is 48.5 Å². The fourth-order valence-corrected chi connectivity index (χ4v) is 4.38. The van der Waals surface area contributed by atoms with Gasteiger partial charge in [-0.2, -0.15) is 5.10 Å². The molecule has 28 heavy (non-hydrogen) atoms. The average Bonchev–Trinajstić information content (AvgIpc) is 3.41. The second-order valence-corrected chi connectivity index (χ2v) is 7.79. The number of rotatable bonds is 3. The molecule has 0 unspecified atom stereocenters. The van der Waals surface area contributed by atoms with Crippen molar-refractivity contribution in [3.05, 3.63) is 101 Å². The smallest absolute Gasteiger partial charge is 0.189 e. The molecule has 0 N–H and O–H groups in total. The minimum atomic E-state index is 0.131. The molecule has 2 heterocycles. The number of allylic oxidation sites excluding steroid dienone is 1. The van der Waals surface area contributed by atoms with E-state index in [0.29, 0.717) is 0 Å². The van der Waals surface area contributed by atoms with Crippen molar-refractivity contribution in [2.24, 2.45) is 0 Å². The molecule has 0 fully saturated rings. The van der Waals surface area contributed by atoms with Gasteiger partial charge >= 0.3 is 0 Å². The molecule has 0 atom stereocenters. The van der Waals surface area contributed by atoms with E-state index < -0.39 is 0 Å². The summed E-state index contributed by atoms with van der Waals surface area (Å²) < 4.78 is 1.89. The number of aromatic nitrogens is 2. The molecule has 0 spiro atoms. The van der Waals surface area contributed by atoms with Crippen molar-refractivity contribution in [2.45, 2.75) is 12.8 Å². The van der Waals surface area contributed by atoms with Gasteiger partial charge in [0.1, 0.15) is 5.69 Å². The summed E-state index contributed by atoms with van der Waals surface area (Å²) in [6.45, 7) is 0. The SMILES string of the molecule is O=C1C(=Cc2cn(-c3ccccc3)nc2-c2cccs2)CCc2ccccc21. The zero-order valence-electron chi connectivity index (χ0n) is 15.2. The molecule has 5 rings (SSSR count). The third kappa shape index (κ3) is 3.02.